The second kappa shape index (κ2) is 7.31. The van der Waals surface area contributed by atoms with E-state index in [0.717, 1.165) is 24.3 Å². The Morgan fingerprint density at radius 2 is 2.05 bits per heavy atom. The third-order valence-corrected chi connectivity index (χ3v) is 4.36. The van der Waals surface area contributed by atoms with Crippen molar-refractivity contribution in [3.8, 4) is 11.5 Å². The first-order chi connectivity index (χ1) is 9.78. The second-order valence-electron chi connectivity index (χ2n) is 4.57. The molecule has 1 unspecified atom stereocenters. The van der Waals surface area contributed by atoms with Gasteiger partial charge in [-0.3, -0.25) is 0 Å². The molecule has 2 aromatic rings. The van der Waals surface area contributed by atoms with Crippen LogP contribution in [-0.2, 0) is 6.42 Å². The first-order valence-corrected chi connectivity index (χ1v) is 7.58. The lowest BCUT2D eigenvalue weighted by Gasteiger charge is -2.19. The van der Waals surface area contributed by atoms with Crippen molar-refractivity contribution in [2.45, 2.75) is 18.9 Å². The van der Waals surface area contributed by atoms with Crippen LogP contribution >= 0.6 is 11.3 Å². The molecular formula is C16H21NO2S. The van der Waals surface area contributed by atoms with E-state index < -0.39 is 0 Å². The van der Waals surface area contributed by atoms with Crippen LogP contribution in [-0.4, -0.2) is 21.3 Å². The molecule has 4 heteroatoms. The van der Waals surface area contributed by atoms with Crippen molar-refractivity contribution in [2.75, 3.05) is 21.3 Å². The Kier molecular flexibility index (Phi) is 5.44. The van der Waals surface area contributed by atoms with Crippen molar-refractivity contribution >= 4 is 11.3 Å². The number of hydrogen-bond acceptors (Lipinski definition) is 4. The van der Waals surface area contributed by atoms with Gasteiger partial charge >= 0.3 is 0 Å². The molecule has 20 heavy (non-hydrogen) atoms. The van der Waals surface area contributed by atoms with Crippen molar-refractivity contribution in [2.24, 2.45) is 0 Å². The summed E-state index contributed by atoms with van der Waals surface area (Å²) in [5.41, 5.74) is 1.17. The van der Waals surface area contributed by atoms with Gasteiger partial charge in [-0.25, -0.2) is 0 Å². The molecule has 1 atom stereocenters. The van der Waals surface area contributed by atoms with Crippen molar-refractivity contribution < 1.29 is 9.47 Å². The van der Waals surface area contributed by atoms with Crippen LogP contribution in [0.2, 0.25) is 0 Å². The summed E-state index contributed by atoms with van der Waals surface area (Å²) in [5.74, 6) is 1.69. The number of thiophene rings is 1. The van der Waals surface area contributed by atoms with Gasteiger partial charge in [0.05, 0.1) is 14.2 Å². The molecule has 2 rings (SSSR count). The van der Waals surface area contributed by atoms with E-state index in [2.05, 4.69) is 28.9 Å². The van der Waals surface area contributed by atoms with E-state index in [0.29, 0.717) is 0 Å². The summed E-state index contributed by atoms with van der Waals surface area (Å²) >= 11 is 1.81. The van der Waals surface area contributed by atoms with E-state index in [9.17, 15) is 0 Å². The molecule has 0 bridgehead atoms. The van der Waals surface area contributed by atoms with Crippen LogP contribution in [0.5, 0.6) is 11.5 Å². The van der Waals surface area contributed by atoms with Gasteiger partial charge in [0.1, 0.15) is 11.5 Å². The normalized spacial score (nSPS) is 12.2. The minimum absolute atomic E-state index is 0.276. The summed E-state index contributed by atoms with van der Waals surface area (Å²) in [6.07, 6.45) is 2.11. The predicted octanol–water partition coefficient (Wildman–Crippen LogP) is 3.66. The number of hydrogen-bond donors (Lipinski definition) is 1. The first kappa shape index (κ1) is 14.9. The minimum Gasteiger partial charge on any atom is -0.497 e. The maximum Gasteiger partial charge on any atom is 0.127 e. The van der Waals surface area contributed by atoms with Crippen LogP contribution in [0.4, 0.5) is 0 Å². The molecule has 0 saturated carbocycles. The van der Waals surface area contributed by atoms with Crippen LogP contribution in [0.15, 0.2) is 35.7 Å². The van der Waals surface area contributed by atoms with E-state index in [1.54, 1.807) is 14.2 Å². The van der Waals surface area contributed by atoms with E-state index in [1.165, 1.54) is 10.4 Å². The summed E-state index contributed by atoms with van der Waals surface area (Å²) < 4.78 is 10.7. The molecular weight excluding hydrogens is 270 g/mol. The number of rotatable bonds is 7. The summed E-state index contributed by atoms with van der Waals surface area (Å²) in [6, 6.07) is 10.6. The van der Waals surface area contributed by atoms with Gasteiger partial charge in [-0.15, -0.1) is 11.3 Å². The van der Waals surface area contributed by atoms with Gasteiger partial charge < -0.3 is 14.8 Å². The molecule has 1 aromatic carbocycles. The van der Waals surface area contributed by atoms with Crippen LogP contribution in [0.3, 0.4) is 0 Å². The highest BCUT2D eigenvalue weighted by atomic mass is 32.1. The Hall–Kier alpha value is -1.52. The first-order valence-electron chi connectivity index (χ1n) is 6.70. The van der Waals surface area contributed by atoms with Gasteiger partial charge in [-0.1, -0.05) is 12.1 Å². The molecule has 0 fully saturated rings. The Balaban J connectivity index is 2.13. The molecule has 0 aliphatic rings. The van der Waals surface area contributed by atoms with Gasteiger partial charge in [0.25, 0.3) is 0 Å². The molecule has 0 saturated heterocycles. The van der Waals surface area contributed by atoms with E-state index in [4.69, 9.17) is 9.47 Å². The van der Waals surface area contributed by atoms with Crippen molar-refractivity contribution in [3.63, 3.8) is 0 Å². The lowest BCUT2D eigenvalue weighted by Crippen LogP contribution is -2.17. The Morgan fingerprint density at radius 3 is 2.65 bits per heavy atom. The monoisotopic (exact) mass is 291 g/mol. The number of benzene rings is 1. The maximum absolute atomic E-state index is 5.49. The molecule has 1 aromatic heterocycles. The smallest absolute Gasteiger partial charge is 0.127 e. The molecule has 1 N–H and O–H groups in total. The van der Waals surface area contributed by atoms with E-state index >= 15 is 0 Å². The fraction of sp³-hybridized carbons (Fsp3) is 0.375. The number of nitrogens with one attached hydrogen (secondary N) is 1. The quantitative estimate of drug-likeness (QED) is 0.844. The molecule has 0 amide bonds. The number of aryl methyl sites for hydroxylation is 1. The lowest BCUT2D eigenvalue weighted by atomic mass is 10.0. The van der Waals surface area contributed by atoms with Crippen molar-refractivity contribution in [1.82, 2.24) is 5.32 Å². The lowest BCUT2D eigenvalue weighted by molar-refractivity contribution is 0.384. The molecule has 3 nitrogen and oxygen atoms in total. The zero-order valence-corrected chi connectivity index (χ0v) is 13.0. The molecule has 0 aliphatic heterocycles. The topological polar surface area (TPSA) is 30.5 Å². The summed E-state index contributed by atoms with van der Waals surface area (Å²) in [6.45, 7) is 0. The number of methoxy groups -OCH3 is 2. The highest BCUT2D eigenvalue weighted by Gasteiger charge is 2.15. The molecule has 0 spiro atoms. The fourth-order valence-corrected chi connectivity index (χ4v) is 3.03. The highest BCUT2D eigenvalue weighted by Crippen LogP contribution is 2.31. The second-order valence-corrected chi connectivity index (χ2v) is 5.60. The van der Waals surface area contributed by atoms with Crippen LogP contribution < -0.4 is 14.8 Å². The van der Waals surface area contributed by atoms with Gasteiger partial charge in [0, 0.05) is 22.5 Å². The van der Waals surface area contributed by atoms with E-state index in [1.807, 2.05) is 30.5 Å². The van der Waals surface area contributed by atoms with E-state index in [-0.39, 0.29) is 6.04 Å². The average Bonchev–Trinajstić information content (AvgIpc) is 3.01. The molecule has 0 radical (unpaired) electrons. The molecule has 0 aliphatic carbocycles. The zero-order valence-electron chi connectivity index (χ0n) is 12.2. The maximum atomic E-state index is 5.49. The standard InChI is InChI=1S/C16H21NO2S/c1-17-15(9-7-13-5-4-10-20-13)14-8-6-12(18-2)11-16(14)19-3/h4-6,8,10-11,15,17H,7,9H2,1-3H3. The largest absolute Gasteiger partial charge is 0.497 e. The summed E-state index contributed by atoms with van der Waals surface area (Å²) in [5, 5.41) is 5.50. The van der Waals surface area contributed by atoms with Crippen molar-refractivity contribution in [1.29, 1.82) is 0 Å². The van der Waals surface area contributed by atoms with Gasteiger partial charge in [-0.05, 0) is 37.4 Å². The average molecular weight is 291 g/mol. The summed E-state index contributed by atoms with van der Waals surface area (Å²) in [4.78, 5) is 1.41. The highest BCUT2D eigenvalue weighted by molar-refractivity contribution is 7.09. The van der Waals surface area contributed by atoms with Gasteiger partial charge in [0.2, 0.25) is 0 Å². The summed E-state index contributed by atoms with van der Waals surface area (Å²) in [7, 11) is 5.35. The molecule has 108 valence electrons. The van der Waals surface area contributed by atoms with Crippen LogP contribution in [0, 0.1) is 0 Å². The SMILES string of the molecule is CNC(CCc1cccs1)c1ccc(OC)cc1OC. The van der Waals surface area contributed by atoms with Crippen molar-refractivity contribution in [3.05, 3.63) is 46.2 Å². The third-order valence-electron chi connectivity index (χ3n) is 3.42. The van der Waals surface area contributed by atoms with Crippen LogP contribution in [0.1, 0.15) is 22.9 Å². The Labute approximate surface area is 124 Å². The van der Waals surface area contributed by atoms with Gasteiger partial charge in [0.15, 0.2) is 0 Å². The predicted molar refractivity (Wildman–Crippen MR) is 84.0 cm³/mol. The Morgan fingerprint density at radius 1 is 1.20 bits per heavy atom. The third kappa shape index (κ3) is 3.52. The Bertz CT molecular complexity index is 525. The molecule has 1 heterocycles. The fourth-order valence-electron chi connectivity index (χ4n) is 2.30. The minimum atomic E-state index is 0.276. The van der Waals surface area contributed by atoms with Gasteiger partial charge in [-0.2, -0.15) is 0 Å². The zero-order chi connectivity index (χ0) is 14.4. The van der Waals surface area contributed by atoms with Crippen LogP contribution in [0.25, 0.3) is 0 Å². The number of ether oxygens (including phenoxy) is 2.